The Morgan fingerprint density at radius 3 is 2.67 bits per heavy atom. The van der Waals surface area contributed by atoms with Gasteiger partial charge in [0.25, 0.3) is 0 Å². The first-order valence-corrected chi connectivity index (χ1v) is 17.2. The Hall–Kier alpha value is -4.20. The fourth-order valence-corrected chi connectivity index (χ4v) is 6.77. The molecule has 3 N–H and O–H groups in total. The van der Waals surface area contributed by atoms with E-state index in [4.69, 9.17) is 14.2 Å². The number of nitrogens with zero attached hydrogens (tertiary/aromatic N) is 2. The van der Waals surface area contributed by atoms with Crippen LogP contribution < -0.4 is 16.0 Å². The average molecular weight is 684 g/mol. The van der Waals surface area contributed by atoms with Crippen molar-refractivity contribution in [1.82, 2.24) is 25.8 Å². The van der Waals surface area contributed by atoms with Crippen LogP contribution in [-0.2, 0) is 41.7 Å². The van der Waals surface area contributed by atoms with Crippen LogP contribution in [0.1, 0.15) is 70.4 Å². The Morgan fingerprint density at radius 2 is 1.94 bits per heavy atom. The van der Waals surface area contributed by atoms with Gasteiger partial charge in [-0.05, 0) is 70.4 Å². The molecule has 5 aliphatic rings. The molecule has 6 rings (SSSR count). The number of hydrogen-bond donors (Lipinski definition) is 3. The molecule has 1 aromatic rings. The number of ether oxygens (including phenoxy) is 3. The van der Waals surface area contributed by atoms with Gasteiger partial charge in [0.15, 0.2) is 0 Å². The topological polar surface area (TPSA) is 156 Å². The zero-order valence-corrected chi connectivity index (χ0v) is 28.3. The zero-order valence-electron chi connectivity index (χ0n) is 28.3. The fourth-order valence-electron chi connectivity index (χ4n) is 6.77. The number of amides is 5. The van der Waals surface area contributed by atoms with Gasteiger partial charge < -0.3 is 35.1 Å². The predicted molar refractivity (Wildman–Crippen MR) is 173 cm³/mol. The van der Waals surface area contributed by atoms with E-state index < -0.39 is 59.1 Å². The Bertz CT molecular complexity index is 1510. The molecule has 3 heterocycles. The van der Waals surface area contributed by atoms with Gasteiger partial charge in [-0.3, -0.25) is 19.3 Å². The summed E-state index contributed by atoms with van der Waals surface area (Å²) < 4.78 is 31.4. The minimum absolute atomic E-state index is 0.0268. The second-order valence-corrected chi connectivity index (χ2v) is 14.8. The van der Waals surface area contributed by atoms with Crippen LogP contribution in [0.5, 0.6) is 0 Å². The van der Waals surface area contributed by atoms with E-state index in [9.17, 15) is 28.4 Å². The Labute approximate surface area is 285 Å². The number of carbonyl (C=O) groups is 5. The van der Waals surface area contributed by atoms with Crippen LogP contribution in [0.3, 0.4) is 0 Å². The highest BCUT2D eigenvalue weighted by molar-refractivity contribution is 5.98. The summed E-state index contributed by atoms with van der Waals surface area (Å²) in [6, 6.07) is 2.52. The highest BCUT2D eigenvalue weighted by Crippen LogP contribution is 2.45. The van der Waals surface area contributed by atoms with Gasteiger partial charge in [-0.1, -0.05) is 24.3 Å². The van der Waals surface area contributed by atoms with Crippen molar-refractivity contribution in [2.75, 3.05) is 26.3 Å². The second kappa shape index (κ2) is 14.0. The molecule has 3 fully saturated rings. The number of rotatable bonds is 5. The summed E-state index contributed by atoms with van der Waals surface area (Å²) in [4.78, 5) is 70.7. The van der Waals surface area contributed by atoms with Crippen LogP contribution in [0.15, 0.2) is 30.4 Å². The van der Waals surface area contributed by atoms with Crippen molar-refractivity contribution in [1.29, 1.82) is 0 Å². The molecule has 13 nitrogen and oxygen atoms in total. The molecule has 3 aliphatic heterocycles. The molecule has 14 heteroatoms. The second-order valence-electron chi connectivity index (χ2n) is 14.8. The molecule has 5 atom stereocenters. The highest BCUT2D eigenvalue weighted by Gasteiger charge is 2.61. The molecule has 0 radical (unpaired) electrons. The van der Waals surface area contributed by atoms with E-state index in [1.165, 1.54) is 15.9 Å². The summed E-state index contributed by atoms with van der Waals surface area (Å²) in [5, 5.41) is 8.63. The molecule has 2 aliphatic carbocycles. The lowest BCUT2D eigenvalue weighted by Crippen LogP contribution is -2.58. The quantitative estimate of drug-likeness (QED) is 0.401. The largest absolute Gasteiger partial charge is 0.444 e. The molecular weight excluding hydrogens is 637 g/mol. The van der Waals surface area contributed by atoms with Gasteiger partial charge >= 0.3 is 12.2 Å². The maximum atomic E-state index is 14.4. The van der Waals surface area contributed by atoms with Gasteiger partial charge in [0.05, 0.1) is 19.7 Å². The van der Waals surface area contributed by atoms with E-state index in [-0.39, 0.29) is 44.3 Å². The van der Waals surface area contributed by atoms with Gasteiger partial charge in [0.2, 0.25) is 17.7 Å². The molecule has 5 amide bonds. The third-order valence-corrected chi connectivity index (χ3v) is 9.67. The van der Waals surface area contributed by atoms with Gasteiger partial charge in [-0.2, -0.15) is 0 Å². The maximum absolute atomic E-state index is 14.4. The lowest BCUT2D eigenvalue weighted by molar-refractivity contribution is -0.141. The van der Waals surface area contributed by atoms with Crippen molar-refractivity contribution in [3.05, 3.63) is 47.3 Å². The van der Waals surface area contributed by atoms with Crippen molar-refractivity contribution in [3.8, 4) is 0 Å². The van der Waals surface area contributed by atoms with Crippen molar-refractivity contribution in [2.24, 2.45) is 11.8 Å². The van der Waals surface area contributed by atoms with Crippen molar-refractivity contribution in [2.45, 2.75) is 102 Å². The first-order chi connectivity index (χ1) is 23.3. The van der Waals surface area contributed by atoms with Gasteiger partial charge in [0, 0.05) is 37.6 Å². The summed E-state index contributed by atoms with van der Waals surface area (Å²) in [5.41, 5.74) is -0.896. The molecule has 2 saturated carbocycles. The molecule has 266 valence electrons. The SMILES string of the molecule is CC(C)(C)OC(=O)N[C@H]1CCCOCC=C[C@@H]2C[C@@]2(C(=O)NCC2CC2)NC(=O)[C@@H]2C[C@@H](OC(=O)N3Cc4cccc(F)c4C3)CN2C1=O. The molecule has 1 saturated heterocycles. The standard InChI is InChI=1S/C35H46FN5O8/c1-34(2,3)49-32(45)38-27-10-6-14-47-13-5-8-23-16-35(23,31(44)37-17-21-11-12-21)39-29(42)28-15-24(19-41(28)30(27)43)48-33(46)40-18-22-7-4-9-26(36)25(22)20-40/h4-5,7-9,21,23-24,27-28H,6,10-20H2,1-3H3,(H,37,44)(H,38,45)(H,39,42)/t23-,24-,27+,28+,35-/m1/s1. The molecular formula is C35H46FN5O8. The van der Waals surface area contributed by atoms with Crippen LogP contribution >= 0.6 is 0 Å². The van der Waals surface area contributed by atoms with E-state index in [1.807, 2.05) is 12.2 Å². The number of hydrogen-bond acceptors (Lipinski definition) is 8. The minimum atomic E-state index is -1.19. The van der Waals surface area contributed by atoms with E-state index in [2.05, 4.69) is 16.0 Å². The Morgan fingerprint density at radius 1 is 1.14 bits per heavy atom. The number of nitrogens with one attached hydrogen (secondary N) is 3. The Balaban J connectivity index is 1.23. The highest BCUT2D eigenvalue weighted by atomic mass is 19.1. The summed E-state index contributed by atoms with van der Waals surface area (Å²) >= 11 is 0. The maximum Gasteiger partial charge on any atom is 0.410 e. The smallest absolute Gasteiger partial charge is 0.410 e. The fraction of sp³-hybridized carbons (Fsp3) is 0.629. The van der Waals surface area contributed by atoms with Crippen molar-refractivity contribution >= 4 is 29.9 Å². The number of fused-ring (bicyclic) bond motifs is 3. The lowest BCUT2D eigenvalue weighted by atomic mass is 10.1. The average Bonchev–Trinajstić information content (AvgIpc) is 3.89. The third kappa shape index (κ3) is 8.17. The van der Waals surface area contributed by atoms with E-state index >= 15 is 0 Å². The summed E-state index contributed by atoms with van der Waals surface area (Å²) in [5.74, 6) is -1.61. The van der Waals surface area contributed by atoms with Crippen LogP contribution in [-0.4, -0.2) is 95.3 Å². The van der Waals surface area contributed by atoms with E-state index in [1.54, 1.807) is 32.9 Å². The normalized spacial score (nSPS) is 28.7. The van der Waals surface area contributed by atoms with E-state index in [0.29, 0.717) is 49.6 Å². The molecule has 0 spiro atoms. The predicted octanol–water partition coefficient (Wildman–Crippen LogP) is 2.91. The number of benzene rings is 1. The van der Waals surface area contributed by atoms with Crippen molar-refractivity contribution in [3.63, 3.8) is 0 Å². The Kier molecular flexibility index (Phi) is 9.88. The van der Waals surface area contributed by atoms with Crippen LogP contribution in [0, 0.1) is 17.7 Å². The lowest BCUT2D eigenvalue weighted by Gasteiger charge is -2.30. The molecule has 0 bridgehead atoms. The minimum Gasteiger partial charge on any atom is -0.444 e. The molecule has 0 unspecified atom stereocenters. The molecule has 49 heavy (non-hydrogen) atoms. The first kappa shape index (κ1) is 34.7. The van der Waals surface area contributed by atoms with Gasteiger partial charge in [0.1, 0.15) is 35.1 Å². The first-order valence-electron chi connectivity index (χ1n) is 17.2. The number of alkyl carbamates (subject to hydrolysis) is 1. The van der Waals surface area contributed by atoms with Gasteiger partial charge in [-0.25, -0.2) is 14.0 Å². The summed E-state index contributed by atoms with van der Waals surface area (Å²) in [7, 11) is 0. The number of halogens is 1. The zero-order chi connectivity index (χ0) is 34.9. The monoisotopic (exact) mass is 683 g/mol. The molecule has 1 aromatic carbocycles. The molecule has 0 aromatic heterocycles. The van der Waals surface area contributed by atoms with Gasteiger partial charge in [-0.15, -0.1) is 0 Å². The summed E-state index contributed by atoms with van der Waals surface area (Å²) in [6.45, 7) is 6.35. The number of carbonyl (C=O) groups excluding carboxylic acids is 5. The van der Waals surface area contributed by atoms with E-state index in [0.717, 1.165) is 12.8 Å². The van der Waals surface area contributed by atoms with Crippen LogP contribution in [0.25, 0.3) is 0 Å². The third-order valence-electron chi connectivity index (χ3n) is 9.67. The summed E-state index contributed by atoms with van der Waals surface area (Å²) in [6.07, 6.45) is 4.43. The van der Waals surface area contributed by atoms with Crippen LogP contribution in [0.4, 0.5) is 14.0 Å². The van der Waals surface area contributed by atoms with Crippen molar-refractivity contribution < 1.29 is 42.6 Å². The van der Waals surface area contributed by atoms with Crippen LogP contribution in [0.2, 0.25) is 0 Å².